The van der Waals surface area contributed by atoms with E-state index < -0.39 is 0 Å². The fraction of sp³-hybridized carbons (Fsp3) is 0. The van der Waals surface area contributed by atoms with Crippen molar-refractivity contribution in [3.63, 3.8) is 0 Å². The molecular weight excluding hydrogens is 597 g/mol. The molecule has 0 atom stereocenters. The molecule has 12 rings (SSSR count). The van der Waals surface area contributed by atoms with Crippen molar-refractivity contribution in [3.05, 3.63) is 158 Å². The maximum atomic E-state index is 5.38. The Labute approximate surface area is 279 Å². The topological polar surface area (TPSA) is 24.9 Å². The van der Waals surface area contributed by atoms with Crippen LogP contribution in [0.25, 0.3) is 87.1 Å². The minimum atomic E-state index is 1.01. The lowest BCUT2D eigenvalue weighted by Gasteiger charge is -2.26. The summed E-state index contributed by atoms with van der Waals surface area (Å²) in [5.41, 5.74) is 10.4. The van der Waals surface area contributed by atoms with Gasteiger partial charge in [-0.1, -0.05) is 109 Å². The highest BCUT2D eigenvalue weighted by Crippen LogP contribution is 2.50. The van der Waals surface area contributed by atoms with Gasteiger partial charge < -0.3 is 9.30 Å². The largest absolute Gasteiger partial charge is 0.308 e. The molecule has 0 bridgehead atoms. The quantitative estimate of drug-likeness (QED) is 0.196. The Morgan fingerprint density at radius 3 is 1.84 bits per heavy atom. The summed E-state index contributed by atoms with van der Waals surface area (Å²) in [5, 5.41) is 12.6. The number of rotatable bonds is 3. The van der Waals surface area contributed by atoms with E-state index in [1.807, 2.05) is 0 Å². The molecule has 0 spiro atoms. The lowest BCUT2D eigenvalue weighted by Crippen LogP contribution is -2.10. The number of hydrogen-bond donors (Lipinski definition) is 0. The van der Waals surface area contributed by atoms with Crippen molar-refractivity contribution in [2.45, 2.75) is 0 Å². The number of aromatic nitrogens is 3. The molecule has 0 radical (unpaired) electrons. The minimum absolute atomic E-state index is 1.01. The third kappa shape index (κ3) is 3.07. The summed E-state index contributed by atoms with van der Waals surface area (Å²) in [7, 11) is 0. The van der Waals surface area contributed by atoms with Gasteiger partial charge in [0, 0.05) is 54.5 Å². The summed E-state index contributed by atoms with van der Waals surface area (Å²) in [6, 6.07) is 54.9. The lowest BCUT2D eigenvalue weighted by molar-refractivity contribution is 1.25. The van der Waals surface area contributed by atoms with E-state index in [1.54, 1.807) is 0 Å². The normalized spacial score (nSPS) is 12.5. The third-order valence-corrected chi connectivity index (χ3v) is 10.7. The molecule has 5 aromatic heterocycles. The molecule has 0 aliphatic carbocycles. The molecule has 0 fully saturated rings. The van der Waals surface area contributed by atoms with Gasteiger partial charge in [0.2, 0.25) is 0 Å². The van der Waals surface area contributed by atoms with Crippen LogP contribution in [0.15, 0.2) is 158 Å². The lowest BCUT2D eigenvalue weighted by atomic mass is 9.98. The molecule has 12 aromatic rings. The fourth-order valence-corrected chi connectivity index (χ4v) is 8.91. The highest BCUT2D eigenvalue weighted by Gasteiger charge is 2.27. The van der Waals surface area contributed by atoms with Crippen LogP contribution in [0.1, 0.15) is 0 Å². The van der Waals surface area contributed by atoms with Gasteiger partial charge in [-0.15, -0.1) is 0 Å². The Morgan fingerprint density at radius 1 is 0.408 bits per heavy atom. The highest BCUT2D eigenvalue weighted by atomic mass is 15.2. The van der Waals surface area contributed by atoms with Gasteiger partial charge in [0.15, 0.2) is 0 Å². The van der Waals surface area contributed by atoms with E-state index >= 15 is 0 Å². The molecule has 49 heavy (non-hydrogen) atoms. The van der Waals surface area contributed by atoms with Gasteiger partial charge in [-0.3, -0.25) is 4.40 Å². The van der Waals surface area contributed by atoms with Gasteiger partial charge in [-0.05, 0) is 53.2 Å². The van der Waals surface area contributed by atoms with Crippen molar-refractivity contribution in [2.24, 2.45) is 0 Å². The molecular formula is C45H26N4. The first-order chi connectivity index (χ1) is 24.4. The first-order valence-corrected chi connectivity index (χ1v) is 16.8. The second kappa shape index (κ2) is 9.03. The van der Waals surface area contributed by atoms with Crippen LogP contribution >= 0.6 is 0 Å². The molecule has 0 N–H and O–H groups in total. The third-order valence-electron chi connectivity index (χ3n) is 10.7. The van der Waals surface area contributed by atoms with Crippen LogP contribution in [0, 0.1) is 0 Å². The predicted molar refractivity (Wildman–Crippen MR) is 206 cm³/mol. The maximum absolute atomic E-state index is 5.38. The van der Waals surface area contributed by atoms with Crippen molar-refractivity contribution in [1.82, 2.24) is 13.8 Å². The molecule has 226 valence electrons. The summed E-state index contributed by atoms with van der Waals surface area (Å²) in [4.78, 5) is 7.76. The number of pyridine rings is 1. The van der Waals surface area contributed by atoms with Gasteiger partial charge in [0.1, 0.15) is 5.65 Å². The van der Waals surface area contributed by atoms with Crippen molar-refractivity contribution in [1.29, 1.82) is 0 Å². The van der Waals surface area contributed by atoms with Crippen molar-refractivity contribution < 1.29 is 0 Å². The second-order valence-electron chi connectivity index (χ2n) is 13.2. The van der Waals surface area contributed by atoms with Crippen LogP contribution in [-0.2, 0) is 0 Å². The summed E-state index contributed by atoms with van der Waals surface area (Å²) in [5.74, 6) is 0. The molecule has 0 aliphatic rings. The van der Waals surface area contributed by atoms with Gasteiger partial charge in [-0.25, -0.2) is 4.98 Å². The van der Waals surface area contributed by atoms with Crippen molar-refractivity contribution in [3.8, 4) is 0 Å². The number of nitrogens with zero attached hydrogens (tertiary/aromatic N) is 4. The Hall–Kier alpha value is -6.65. The Kier molecular flexibility index (Phi) is 4.69. The number of para-hydroxylation sites is 5. The van der Waals surface area contributed by atoms with E-state index in [0.717, 1.165) is 28.2 Å². The standard InChI is InChI=1S/C45H26N4/c1-3-14-28(15-4-1)47(29-16-5-2-6-17-29)37-24-12-21-33-32-20-11-22-34-39-38(48(42(32)34)43(33)37)26-46-45-41(39)40-30-18-8-7-13-27(30)25-35-31-19-9-10-23-36(31)49(45)44(35)40/h1-26H. The first kappa shape index (κ1) is 25.4. The van der Waals surface area contributed by atoms with Crippen LogP contribution < -0.4 is 4.90 Å². The van der Waals surface area contributed by atoms with Gasteiger partial charge in [0.25, 0.3) is 0 Å². The molecule has 7 aromatic carbocycles. The SMILES string of the molecule is c1ccc(N(c2ccccc2)c2cccc3c4cccc5c6c7c8c9ccccc9cc9c%10ccccc%10n(c7ncc6n(c23)c45)c98)cc1. The van der Waals surface area contributed by atoms with E-state index in [-0.39, 0.29) is 0 Å². The van der Waals surface area contributed by atoms with E-state index in [0.29, 0.717) is 0 Å². The first-order valence-electron chi connectivity index (χ1n) is 16.8. The second-order valence-corrected chi connectivity index (χ2v) is 13.2. The summed E-state index contributed by atoms with van der Waals surface area (Å²) in [6.45, 7) is 0. The molecule has 0 saturated carbocycles. The zero-order chi connectivity index (χ0) is 31.8. The minimum Gasteiger partial charge on any atom is -0.308 e. The fourth-order valence-electron chi connectivity index (χ4n) is 8.91. The van der Waals surface area contributed by atoms with E-state index in [9.17, 15) is 0 Å². The van der Waals surface area contributed by atoms with Crippen molar-refractivity contribution in [2.75, 3.05) is 4.90 Å². The molecule has 0 saturated heterocycles. The zero-order valence-electron chi connectivity index (χ0n) is 26.3. The van der Waals surface area contributed by atoms with Crippen LogP contribution in [0.4, 0.5) is 17.1 Å². The Bertz CT molecular complexity index is 3220. The predicted octanol–water partition coefficient (Wildman–Crippen LogP) is 12.0. The van der Waals surface area contributed by atoms with E-state index in [4.69, 9.17) is 4.98 Å². The van der Waals surface area contributed by atoms with E-state index in [1.165, 1.54) is 75.9 Å². The molecule has 4 heteroatoms. The number of hydrogen-bond acceptors (Lipinski definition) is 2. The van der Waals surface area contributed by atoms with Crippen LogP contribution in [-0.4, -0.2) is 13.8 Å². The molecule has 0 unspecified atom stereocenters. The van der Waals surface area contributed by atoms with Gasteiger partial charge in [-0.2, -0.15) is 0 Å². The smallest absolute Gasteiger partial charge is 0.146 e. The summed E-state index contributed by atoms with van der Waals surface area (Å²) in [6.07, 6.45) is 2.12. The average molecular weight is 623 g/mol. The summed E-state index contributed by atoms with van der Waals surface area (Å²) >= 11 is 0. The summed E-state index contributed by atoms with van der Waals surface area (Å²) < 4.78 is 4.90. The molecule has 5 heterocycles. The molecule has 0 aliphatic heterocycles. The number of benzene rings is 7. The Balaban J connectivity index is 1.32. The van der Waals surface area contributed by atoms with Crippen LogP contribution in [0.5, 0.6) is 0 Å². The van der Waals surface area contributed by atoms with Gasteiger partial charge >= 0.3 is 0 Å². The number of anilines is 3. The Morgan fingerprint density at radius 2 is 1.04 bits per heavy atom. The monoisotopic (exact) mass is 622 g/mol. The van der Waals surface area contributed by atoms with Crippen molar-refractivity contribution >= 4 is 104 Å². The molecule has 0 amide bonds. The molecule has 4 nitrogen and oxygen atoms in total. The number of fused-ring (bicyclic) bond motifs is 15. The maximum Gasteiger partial charge on any atom is 0.146 e. The highest BCUT2D eigenvalue weighted by molar-refractivity contribution is 6.39. The zero-order valence-corrected chi connectivity index (χ0v) is 26.3. The van der Waals surface area contributed by atoms with Crippen LogP contribution in [0.3, 0.4) is 0 Å². The van der Waals surface area contributed by atoms with Crippen LogP contribution in [0.2, 0.25) is 0 Å². The average Bonchev–Trinajstić information content (AvgIpc) is 3.89. The van der Waals surface area contributed by atoms with E-state index in [2.05, 4.69) is 172 Å². The van der Waals surface area contributed by atoms with Gasteiger partial charge in [0.05, 0.1) is 39.5 Å².